The molecule has 0 heterocycles. The van der Waals surface area contributed by atoms with E-state index in [-0.39, 0.29) is 5.41 Å². The highest BCUT2D eigenvalue weighted by molar-refractivity contribution is 5.80. The number of nitrogens with zero attached hydrogens (tertiary/aromatic N) is 1. The van der Waals surface area contributed by atoms with Crippen LogP contribution in [0.1, 0.15) is 19.4 Å². The lowest BCUT2D eigenvalue weighted by Gasteiger charge is -2.16. The average Bonchev–Trinajstić information content (AvgIpc) is 2.37. The van der Waals surface area contributed by atoms with Crippen LogP contribution in [0.5, 0.6) is 5.75 Å². The molecule has 1 N–H and O–H groups in total. The molecule has 0 fully saturated rings. The Morgan fingerprint density at radius 2 is 2.00 bits per heavy atom. The summed E-state index contributed by atoms with van der Waals surface area (Å²) in [5.41, 5.74) is 0.709. The SMILES string of the molecule is COc1ccc(C=NCC(C)(C)C=CC(=O)O)cc1. The van der Waals surface area contributed by atoms with E-state index in [0.717, 1.165) is 17.4 Å². The molecule has 1 aromatic carbocycles. The van der Waals surface area contributed by atoms with Crippen LogP contribution in [0.25, 0.3) is 0 Å². The van der Waals surface area contributed by atoms with Crippen LogP contribution in [0.2, 0.25) is 0 Å². The highest BCUT2D eigenvalue weighted by Crippen LogP contribution is 2.17. The van der Waals surface area contributed by atoms with Crippen molar-refractivity contribution in [1.29, 1.82) is 0 Å². The molecule has 0 aromatic heterocycles. The van der Waals surface area contributed by atoms with Crippen molar-refractivity contribution in [2.24, 2.45) is 10.4 Å². The molecule has 4 heteroatoms. The molecular formula is C15H19NO3. The summed E-state index contributed by atoms with van der Waals surface area (Å²) < 4.78 is 5.07. The lowest BCUT2D eigenvalue weighted by atomic mass is 9.93. The van der Waals surface area contributed by atoms with Gasteiger partial charge in [0.05, 0.1) is 7.11 Å². The van der Waals surface area contributed by atoms with Crippen LogP contribution in [0, 0.1) is 5.41 Å². The third-order valence-corrected chi connectivity index (χ3v) is 2.53. The van der Waals surface area contributed by atoms with Gasteiger partial charge in [-0.1, -0.05) is 19.9 Å². The lowest BCUT2D eigenvalue weighted by molar-refractivity contribution is -0.131. The Balaban J connectivity index is 2.59. The smallest absolute Gasteiger partial charge is 0.327 e. The molecule has 0 amide bonds. The average molecular weight is 261 g/mol. The summed E-state index contributed by atoms with van der Waals surface area (Å²) in [6, 6.07) is 7.58. The second-order valence-electron chi connectivity index (χ2n) is 4.90. The van der Waals surface area contributed by atoms with Gasteiger partial charge in [-0.2, -0.15) is 0 Å². The fourth-order valence-corrected chi connectivity index (χ4v) is 1.43. The van der Waals surface area contributed by atoms with Crippen molar-refractivity contribution in [1.82, 2.24) is 0 Å². The Hall–Kier alpha value is -2.10. The van der Waals surface area contributed by atoms with E-state index in [4.69, 9.17) is 9.84 Å². The number of carboxylic acid groups (broad SMARTS) is 1. The van der Waals surface area contributed by atoms with Crippen molar-refractivity contribution < 1.29 is 14.6 Å². The Labute approximate surface area is 113 Å². The maximum atomic E-state index is 10.5. The molecule has 0 aliphatic carbocycles. The lowest BCUT2D eigenvalue weighted by Crippen LogP contribution is -2.12. The quantitative estimate of drug-likeness (QED) is 0.632. The first-order chi connectivity index (χ1) is 8.93. The predicted molar refractivity (Wildman–Crippen MR) is 76.0 cm³/mol. The zero-order chi connectivity index (χ0) is 14.3. The first kappa shape index (κ1) is 15.0. The molecule has 1 rings (SSSR count). The second-order valence-corrected chi connectivity index (χ2v) is 4.90. The molecule has 0 saturated carbocycles. The largest absolute Gasteiger partial charge is 0.497 e. The number of carboxylic acids is 1. The second kappa shape index (κ2) is 6.73. The summed E-state index contributed by atoms with van der Waals surface area (Å²) in [4.78, 5) is 14.8. The Bertz CT molecular complexity index is 473. The number of hydrogen-bond donors (Lipinski definition) is 1. The standard InChI is InChI=1S/C15H19NO3/c1-15(2,9-8-14(17)18)11-16-10-12-4-6-13(19-3)7-5-12/h4-10H,11H2,1-3H3,(H,17,18). The van der Waals surface area contributed by atoms with Gasteiger partial charge in [0.25, 0.3) is 0 Å². The minimum Gasteiger partial charge on any atom is -0.497 e. The third-order valence-electron chi connectivity index (χ3n) is 2.53. The van der Waals surface area contributed by atoms with Gasteiger partial charge in [0, 0.05) is 24.3 Å². The van der Waals surface area contributed by atoms with E-state index in [2.05, 4.69) is 4.99 Å². The third kappa shape index (κ3) is 5.86. The number of aliphatic carboxylic acids is 1. The van der Waals surface area contributed by atoms with Gasteiger partial charge in [0.15, 0.2) is 0 Å². The number of hydrogen-bond acceptors (Lipinski definition) is 3. The van der Waals surface area contributed by atoms with Gasteiger partial charge in [-0.15, -0.1) is 0 Å². The normalized spacial score (nSPS) is 12.2. The van der Waals surface area contributed by atoms with Crippen LogP contribution in [-0.2, 0) is 4.79 Å². The first-order valence-corrected chi connectivity index (χ1v) is 5.99. The maximum Gasteiger partial charge on any atom is 0.327 e. The molecule has 102 valence electrons. The van der Waals surface area contributed by atoms with E-state index >= 15 is 0 Å². The molecule has 0 aliphatic heterocycles. The molecule has 0 spiro atoms. The molecule has 0 unspecified atom stereocenters. The highest BCUT2D eigenvalue weighted by Gasteiger charge is 2.12. The van der Waals surface area contributed by atoms with E-state index < -0.39 is 5.97 Å². The van der Waals surface area contributed by atoms with Gasteiger partial charge >= 0.3 is 5.97 Å². The number of aliphatic imine (C=N–C) groups is 1. The minimum absolute atomic E-state index is 0.276. The summed E-state index contributed by atoms with van der Waals surface area (Å²) in [6.07, 6.45) is 4.58. The van der Waals surface area contributed by atoms with Gasteiger partial charge in [0.2, 0.25) is 0 Å². The van der Waals surface area contributed by atoms with Crippen LogP contribution in [0.3, 0.4) is 0 Å². The van der Waals surface area contributed by atoms with Crippen LogP contribution >= 0.6 is 0 Å². The van der Waals surface area contributed by atoms with E-state index in [1.165, 1.54) is 0 Å². The Morgan fingerprint density at radius 1 is 1.37 bits per heavy atom. The van der Waals surface area contributed by atoms with Crippen LogP contribution in [0.15, 0.2) is 41.4 Å². The summed E-state index contributed by atoms with van der Waals surface area (Å²) in [5, 5.41) is 8.59. The zero-order valence-corrected chi connectivity index (χ0v) is 11.5. The monoisotopic (exact) mass is 261 g/mol. The first-order valence-electron chi connectivity index (χ1n) is 5.99. The summed E-state index contributed by atoms with van der Waals surface area (Å²) in [5.74, 6) is -0.130. The number of benzene rings is 1. The topological polar surface area (TPSA) is 58.9 Å². The Kier molecular flexibility index (Phi) is 5.30. The van der Waals surface area contributed by atoms with Crippen LogP contribution < -0.4 is 4.74 Å². The van der Waals surface area contributed by atoms with Gasteiger partial charge in [0.1, 0.15) is 5.75 Å². The molecule has 0 atom stereocenters. The van der Waals surface area contributed by atoms with E-state index in [1.807, 2.05) is 38.1 Å². The van der Waals surface area contributed by atoms with Crippen LogP contribution in [-0.4, -0.2) is 30.9 Å². The van der Waals surface area contributed by atoms with Crippen molar-refractivity contribution >= 4 is 12.2 Å². The molecule has 0 aliphatic rings. The van der Waals surface area contributed by atoms with Gasteiger partial charge in [-0.3, -0.25) is 4.99 Å². The summed E-state index contributed by atoms with van der Waals surface area (Å²) >= 11 is 0. The van der Waals surface area contributed by atoms with Gasteiger partial charge < -0.3 is 9.84 Å². The van der Waals surface area contributed by atoms with E-state index in [0.29, 0.717) is 6.54 Å². The van der Waals surface area contributed by atoms with Crippen molar-refractivity contribution in [3.05, 3.63) is 42.0 Å². The summed E-state index contributed by atoms with van der Waals surface area (Å²) in [6.45, 7) is 4.42. The van der Waals surface area contributed by atoms with E-state index in [9.17, 15) is 4.79 Å². The van der Waals surface area contributed by atoms with Crippen molar-refractivity contribution in [2.75, 3.05) is 13.7 Å². The number of carbonyl (C=O) groups is 1. The van der Waals surface area contributed by atoms with Crippen molar-refractivity contribution in [3.63, 3.8) is 0 Å². The van der Waals surface area contributed by atoms with Gasteiger partial charge in [-0.25, -0.2) is 4.79 Å². The maximum absolute atomic E-state index is 10.5. The molecule has 0 radical (unpaired) electrons. The zero-order valence-electron chi connectivity index (χ0n) is 11.5. The van der Waals surface area contributed by atoms with Crippen LogP contribution in [0.4, 0.5) is 0 Å². The molecule has 0 bridgehead atoms. The minimum atomic E-state index is -0.938. The molecule has 4 nitrogen and oxygen atoms in total. The predicted octanol–water partition coefficient (Wildman–Crippen LogP) is 2.78. The number of methoxy groups -OCH3 is 1. The van der Waals surface area contributed by atoms with Crippen molar-refractivity contribution in [3.8, 4) is 5.75 Å². The highest BCUT2D eigenvalue weighted by atomic mass is 16.5. The fraction of sp³-hybridized carbons (Fsp3) is 0.333. The molecular weight excluding hydrogens is 242 g/mol. The Morgan fingerprint density at radius 3 is 2.53 bits per heavy atom. The summed E-state index contributed by atoms with van der Waals surface area (Å²) in [7, 11) is 1.63. The van der Waals surface area contributed by atoms with Crippen molar-refractivity contribution in [2.45, 2.75) is 13.8 Å². The number of rotatable bonds is 6. The number of ether oxygens (including phenoxy) is 1. The van der Waals surface area contributed by atoms with E-state index in [1.54, 1.807) is 19.4 Å². The molecule has 0 saturated heterocycles. The molecule has 1 aromatic rings. The fourth-order valence-electron chi connectivity index (χ4n) is 1.43. The molecule has 19 heavy (non-hydrogen) atoms. The van der Waals surface area contributed by atoms with Gasteiger partial charge in [-0.05, 0) is 29.8 Å².